The number of ether oxygens (including phenoxy) is 1. The number of benzene rings is 1. The molecule has 0 heterocycles. The van der Waals surface area contributed by atoms with Crippen LogP contribution >= 0.6 is 10.7 Å². The summed E-state index contributed by atoms with van der Waals surface area (Å²) >= 11 is 0. The lowest BCUT2D eigenvalue weighted by molar-refractivity contribution is 0.309. The highest BCUT2D eigenvalue weighted by molar-refractivity contribution is 8.13. The Bertz CT molecular complexity index is 547. The van der Waals surface area contributed by atoms with E-state index in [9.17, 15) is 17.2 Å². The van der Waals surface area contributed by atoms with Gasteiger partial charge in [0.15, 0.2) is 17.4 Å². The molecule has 0 radical (unpaired) electrons. The van der Waals surface area contributed by atoms with E-state index in [0.717, 1.165) is 0 Å². The van der Waals surface area contributed by atoms with Gasteiger partial charge in [0.1, 0.15) is 6.61 Å². The summed E-state index contributed by atoms with van der Waals surface area (Å²) in [6.07, 6.45) is 0.609. The van der Waals surface area contributed by atoms with Crippen molar-refractivity contribution in [2.24, 2.45) is 0 Å². The van der Waals surface area contributed by atoms with E-state index in [0.29, 0.717) is 24.1 Å². The quantitative estimate of drug-likeness (QED) is 0.619. The van der Waals surface area contributed by atoms with Crippen LogP contribution < -0.4 is 4.74 Å². The summed E-state index contributed by atoms with van der Waals surface area (Å²) in [7, 11) is 0.807. The van der Waals surface area contributed by atoms with E-state index in [2.05, 4.69) is 6.58 Å². The lowest BCUT2D eigenvalue weighted by Gasteiger charge is -2.09. The molecule has 0 atom stereocenters. The minimum atomic E-state index is -4.18. The summed E-state index contributed by atoms with van der Waals surface area (Å²) in [4.78, 5) is -0.652. The first-order valence-electron chi connectivity index (χ1n) is 4.98. The molecule has 0 amide bonds. The van der Waals surface area contributed by atoms with Crippen molar-refractivity contribution in [3.05, 3.63) is 35.9 Å². The van der Waals surface area contributed by atoms with Crippen LogP contribution in [0.1, 0.15) is 13.3 Å². The van der Waals surface area contributed by atoms with E-state index in [1.165, 1.54) is 0 Å². The van der Waals surface area contributed by atoms with Crippen molar-refractivity contribution in [2.75, 3.05) is 6.61 Å². The lowest BCUT2D eigenvalue weighted by atomic mass is 10.2. The Labute approximate surface area is 108 Å². The van der Waals surface area contributed by atoms with Gasteiger partial charge in [-0.25, -0.2) is 17.2 Å². The standard InChI is InChI=1S/C11H11ClF2O3S/c1-3-7(2)6-17-11-9(13)4-8(5-10(11)14)18(12,15)16/h4-5H,2-3,6H2,1H3. The van der Waals surface area contributed by atoms with Crippen molar-refractivity contribution in [1.82, 2.24) is 0 Å². The van der Waals surface area contributed by atoms with Crippen molar-refractivity contribution >= 4 is 19.7 Å². The normalized spacial score (nSPS) is 11.3. The molecule has 1 aromatic carbocycles. The van der Waals surface area contributed by atoms with Crippen LogP contribution in [0.25, 0.3) is 0 Å². The molecule has 0 aliphatic rings. The Morgan fingerprint density at radius 1 is 1.39 bits per heavy atom. The van der Waals surface area contributed by atoms with Gasteiger partial charge < -0.3 is 4.74 Å². The van der Waals surface area contributed by atoms with Crippen LogP contribution in [-0.4, -0.2) is 15.0 Å². The number of hydrogen-bond donors (Lipinski definition) is 0. The summed E-state index contributed by atoms with van der Waals surface area (Å²) in [6, 6.07) is 1.21. The van der Waals surface area contributed by atoms with Crippen LogP contribution in [0.3, 0.4) is 0 Å². The average Bonchev–Trinajstić information content (AvgIpc) is 2.26. The van der Waals surface area contributed by atoms with Crippen molar-refractivity contribution in [3.8, 4) is 5.75 Å². The highest BCUT2D eigenvalue weighted by atomic mass is 35.7. The fourth-order valence-electron chi connectivity index (χ4n) is 1.09. The Balaban J connectivity index is 3.06. The van der Waals surface area contributed by atoms with Crippen LogP contribution in [0, 0.1) is 11.6 Å². The van der Waals surface area contributed by atoms with Crippen LogP contribution in [-0.2, 0) is 9.05 Å². The zero-order valence-electron chi connectivity index (χ0n) is 9.54. The second kappa shape index (κ2) is 5.67. The summed E-state index contributed by atoms with van der Waals surface area (Å²) in [6.45, 7) is 5.39. The molecule has 0 bridgehead atoms. The number of rotatable bonds is 5. The first-order chi connectivity index (χ1) is 8.25. The molecule has 100 valence electrons. The number of hydrogen-bond acceptors (Lipinski definition) is 3. The molecule has 0 spiro atoms. The second-order valence-electron chi connectivity index (χ2n) is 3.55. The minimum absolute atomic E-state index is 0.0443. The third-order valence-electron chi connectivity index (χ3n) is 2.17. The zero-order chi connectivity index (χ0) is 13.9. The fourth-order valence-corrected chi connectivity index (χ4v) is 1.85. The fraction of sp³-hybridized carbons (Fsp3) is 0.273. The first kappa shape index (κ1) is 14.9. The van der Waals surface area contributed by atoms with Crippen molar-refractivity contribution in [2.45, 2.75) is 18.2 Å². The van der Waals surface area contributed by atoms with Gasteiger partial charge in [-0.1, -0.05) is 13.5 Å². The maximum absolute atomic E-state index is 13.5. The summed E-state index contributed by atoms with van der Waals surface area (Å²) in [5.74, 6) is -2.90. The second-order valence-corrected chi connectivity index (χ2v) is 6.11. The molecule has 18 heavy (non-hydrogen) atoms. The van der Waals surface area contributed by atoms with Crippen LogP contribution in [0.2, 0.25) is 0 Å². The average molecular weight is 297 g/mol. The largest absolute Gasteiger partial charge is 0.483 e. The Kier molecular flexibility index (Phi) is 4.70. The van der Waals surface area contributed by atoms with Gasteiger partial charge in [0.2, 0.25) is 0 Å². The van der Waals surface area contributed by atoms with Crippen LogP contribution in [0.5, 0.6) is 5.75 Å². The van der Waals surface area contributed by atoms with E-state index in [-0.39, 0.29) is 6.61 Å². The maximum atomic E-state index is 13.5. The van der Waals surface area contributed by atoms with Crippen LogP contribution in [0.15, 0.2) is 29.2 Å². The van der Waals surface area contributed by atoms with Gasteiger partial charge >= 0.3 is 0 Å². The predicted molar refractivity (Wildman–Crippen MR) is 64.3 cm³/mol. The van der Waals surface area contributed by atoms with E-state index >= 15 is 0 Å². The Morgan fingerprint density at radius 3 is 2.28 bits per heavy atom. The molecule has 0 N–H and O–H groups in total. The third-order valence-corrected chi connectivity index (χ3v) is 3.51. The molecule has 0 fully saturated rings. The van der Waals surface area contributed by atoms with Gasteiger partial charge in [-0.3, -0.25) is 0 Å². The zero-order valence-corrected chi connectivity index (χ0v) is 11.1. The highest BCUT2D eigenvalue weighted by Crippen LogP contribution is 2.27. The van der Waals surface area contributed by atoms with Crippen molar-refractivity contribution in [3.63, 3.8) is 0 Å². The Morgan fingerprint density at radius 2 is 1.89 bits per heavy atom. The van der Waals surface area contributed by atoms with Gasteiger partial charge in [-0.2, -0.15) is 0 Å². The molecule has 1 rings (SSSR count). The first-order valence-corrected chi connectivity index (χ1v) is 7.29. The summed E-state index contributed by atoms with van der Waals surface area (Å²) < 4.78 is 53.7. The van der Waals surface area contributed by atoms with E-state index < -0.39 is 31.3 Å². The van der Waals surface area contributed by atoms with Crippen molar-refractivity contribution in [1.29, 1.82) is 0 Å². The molecule has 0 saturated heterocycles. The predicted octanol–water partition coefficient (Wildman–Crippen LogP) is 3.24. The van der Waals surface area contributed by atoms with Gasteiger partial charge in [-0.05, 0) is 24.1 Å². The van der Waals surface area contributed by atoms with Gasteiger partial charge in [0.25, 0.3) is 9.05 Å². The van der Waals surface area contributed by atoms with Gasteiger partial charge in [-0.15, -0.1) is 0 Å². The van der Waals surface area contributed by atoms with Gasteiger partial charge in [0.05, 0.1) is 4.90 Å². The third kappa shape index (κ3) is 3.68. The molecule has 0 saturated carbocycles. The minimum Gasteiger partial charge on any atom is -0.483 e. The molecular formula is C11H11ClF2O3S. The molecule has 0 unspecified atom stereocenters. The molecular weight excluding hydrogens is 286 g/mol. The molecule has 7 heteroatoms. The smallest absolute Gasteiger partial charge is 0.261 e. The van der Waals surface area contributed by atoms with E-state index in [4.69, 9.17) is 15.4 Å². The van der Waals surface area contributed by atoms with E-state index in [1.54, 1.807) is 0 Å². The van der Waals surface area contributed by atoms with Crippen molar-refractivity contribution < 1.29 is 21.9 Å². The monoisotopic (exact) mass is 296 g/mol. The molecule has 0 aromatic heterocycles. The van der Waals surface area contributed by atoms with E-state index in [1.807, 2.05) is 6.92 Å². The summed E-state index contributed by atoms with van der Waals surface area (Å²) in [5, 5.41) is 0. The SMILES string of the molecule is C=C(CC)COc1c(F)cc(S(=O)(=O)Cl)cc1F. The Hall–Kier alpha value is -1.14. The molecule has 0 aliphatic carbocycles. The number of halogens is 3. The van der Waals surface area contributed by atoms with Gasteiger partial charge in [0, 0.05) is 10.7 Å². The van der Waals surface area contributed by atoms with Crippen LogP contribution in [0.4, 0.5) is 8.78 Å². The molecule has 1 aromatic rings. The topological polar surface area (TPSA) is 43.4 Å². The lowest BCUT2D eigenvalue weighted by Crippen LogP contribution is -2.04. The summed E-state index contributed by atoms with van der Waals surface area (Å²) in [5.41, 5.74) is 0.655. The molecule has 3 nitrogen and oxygen atoms in total. The highest BCUT2D eigenvalue weighted by Gasteiger charge is 2.19. The maximum Gasteiger partial charge on any atom is 0.261 e. The molecule has 0 aliphatic heterocycles.